The second-order valence-corrected chi connectivity index (χ2v) is 5.60. The highest BCUT2D eigenvalue weighted by Gasteiger charge is 2.20. The first-order valence-electron chi connectivity index (χ1n) is 7.99. The van der Waals surface area contributed by atoms with E-state index >= 15 is 0 Å². The first-order valence-corrected chi connectivity index (χ1v) is 7.99. The van der Waals surface area contributed by atoms with Crippen LogP contribution in [0.15, 0.2) is 18.2 Å². The molecule has 1 fully saturated rings. The summed E-state index contributed by atoms with van der Waals surface area (Å²) < 4.78 is 10.9. The molecule has 0 spiro atoms. The Kier molecular flexibility index (Phi) is 6.33. The van der Waals surface area contributed by atoms with Crippen LogP contribution in [0, 0.1) is 5.92 Å². The van der Waals surface area contributed by atoms with E-state index < -0.39 is 0 Å². The smallest absolute Gasteiger partial charge is 0.161 e. The van der Waals surface area contributed by atoms with Gasteiger partial charge in [0.05, 0.1) is 13.7 Å². The molecule has 4 heteroatoms. The molecule has 0 amide bonds. The molecule has 1 aliphatic rings. The molecule has 1 saturated heterocycles. The van der Waals surface area contributed by atoms with Crippen LogP contribution in [-0.2, 0) is 6.54 Å². The average molecular weight is 292 g/mol. The standard InChI is InChI=1S/C17H28N2O2/c1-4-19-9-8-15(13-19)12-18-11-14-6-7-16(20-3)17(10-14)21-5-2/h6-7,10,15,18H,4-5,8-9,11-13H2,1-3H3/t15-/m1/s1. The fourth-order valence-corrected chi connectivity index (χ4v) is 2.89. The van der Waals surface area contributed by atoms with E-state index in [-0.39, 0.29) is 0 Å². The molecule has 0 radical (unpaired) electrons. The second-order valence-electron chi connectivity index (χ2n) is 5.60. The Bertz CT molecular complexity index is 437. The third-order valence-corrected chi connectivity index (χ3v) is 4.11. The van der Waals surface area contributed by atoms with Gasteiger partial charge in [-0.15, -0.1) is 0 Å². The number of benzene rings is 1. The Morgan fingerprint density at radius 1 is 1.29 bits per heavy atom. The molecule has 1 aliphatic heterocycles. The summed E-state index contributed by atoms with van der Waals surface area (Å²) in [6.07, 6.45) is 1.31. The monoisotopic (exact) mass is 292 g/mol. The van der Waals surface area contributed by atoms with E-state index in [4.69, 9.17) is 9.47 Å². The first kappa shape index (κ1) is 16.1. The SMILES string of the molecule is CCOc1cc(CNC[C@H]2CCN(CC)C2)ccc1OC. The molecule has 1 atom stereocenters. The topological polar surface area (TPSA) is 33.7 Å². The number of nitrogens with one attached hydrogen (secondary N) is 1. The summed E-state index contributed by atoms with van der Waals surface area (Å²) >= 11 is 0. The molecule has 0 aliphatic carbocycles. The van der Waals surface area contributed by atoms with Crippen molar-refractivity contribution in [3.05, 3.63) is 23.8 Å². The van der Waals surface area contributed by atoms with Crippen LogP contribution in [0.25, 0.3) is 0 Å². The van der Waals surface area contributed by atoms with Crippen molar-refractivity contribution < 1.29 is 9.47 Å². The van der Waals surface area contributed by atoms with E-state index in [0.29, 0.717) is 6.61 Å². The summed E-state index contributed by atoms with van der Waals surface area (Å²) in [5, 5.41) is 3.57. The van der Waals surface area contributed by atoms with Crippen LogP contribution < -0.4 is 14.8 Å². The third kappa shape index (κ3) is 4.61. The summed E-state index contributed by atoms with van der Waals surface area (Å²) in [7, 11) is 1.68. The molecule has 1 aromatic carbocycles. The van der Waals surface area contributed by atoms with Gasteiger partial charge in [0.2, 0.25) is 0 Å². The van der Waals surface area contributed by atoms with Gasteiger partial charge in [-0.25, -0.2) is 0 Å². The van der Waals surface area contributed by atoms with Gasteiger partial charge in [-0.1, -0.05) is 13.0 Å². The van der Waals surface area contributed by atoms with Crippen LogP contribution in [0.5, 0.6) is 11.5 Å². The maximum absolute atomic E-state index is 5.62. The fourth-order valence-electron chi connectivity index (χ4n) is 2.89. The normalized spacial score (nSPS) is 18.9. The van der Waals surface area contributed by atoms with Gasteiger partial charge in [-0.05, 0) is 56.6 Å². The van der Waals surface area contributed by atoms with E-state index in [9.17, 15) is 0 Å². The minimum absolute atomic E-state index is 0.655. The maximum atomic E-state index is 5.62. The molecule has 2 rings (SSSR count). The van der Waals surface area contributed by atoms with Crippen LogP contribution in [0.3, 0.4) is 0 Å². The molecule has 1 heterocycles. The predicted octanol–water partition coefficient (Wildman–Crippen LogP) is 2.53. The van der Waals surface area contributed by atoms with Gasteiger partial charge in [-0.3, -0.25) is 0 Å². The summed E-state index contributed by atoms with van der Waals surface area (Å²) in [6, 6.07) is 6.15. The van der Waals surface area contributed by atoms with Crippen molar-refractivity contribution >= 4 is 0 Å². The Morgan fingerprint density at radius 3 is 2.81 bits per heavy atom. The Labute approximate surface area is 128 Å². The van der Waals surface area contributed by atoms with Crippen LogP contribution in [0.1, 0.15) is 25.8 Å². The van der Waals surface area contributed by atoms with Gasteiger partial charge in [-0.2, -0.15) is 0 Å². The highest BCUT2D eigenvalue weighted by atomic mass is 16.5. The van der Waals surface area contributed by atoms with Gasteiger partial charge in [0.1, 0.15) is 0 Å². The lowest BCUT2D eigenvalue weighted by Gasteiger charge is -2.14. The number of ether oxygens (including phenoxy) is 2. The Balaban J connectivity index is 1.81. The van der Waals surface area contributed by atoms with E-state index in [1.54, 1.807) is 7.11 Å². The van der Waals surface area contributed by atoms with Crippen molar-refractivity contribution in [1.82, 2.24) is 10.2 Å². The van der Waals surface area contributed by atoms with E-state index in [1.165, 1.54) is 31.6 Å². The predicted molar refractivity (Wildman–Crippen MR) is 86.1 cm³/mol. The van der Waals surface area contributed by atoms with Crippen molar-refractivity contribution in [1.29, 1.82) is 0 Å². The van der Waals surface area contributed by atoms with Gasteiger partial charge in [0, 0.05) is 13.1 Å². The van der Waals surface area contributed by atoms with E-state index in [0.717, 1.165) is 30.5 Å². The van der Waals surface area contributed by atoms with E-state index in [2.05, 4.69) is 29.3 Å². The van der Waals surface area contributed by atoms with Gasteiger partial charge in [0.15, 0.2) is 11.5 Å². The highest BCUT2D eigenvalue weighted by Crippen LogP contribution is 2.28. The minimum Gasteiger partial charge on any atom is -0.493 e. The van der Waals surface area contributed by atoms with Crippen LogP contribution in [0.2, 0.25) is 0 Å². The van der Waals surface area contributed by atoms with Crippen LogP contribution >= 0.6 is 0 Å². The largest absolute Gasteiger partial charge is 0.493 e. The molecule has 0 aromatic heterocycles. The van der Waals surface area contributed by atoms with E-state index in [1.807, 2.05) is 13.0 Å². The molecule has 4 nitrogen and oxygen atoms in total. The lowest BCUT2D eigenvalue weighted by molar-refractivity contribution is 0.310. The summed E-state index contributed by atoms with van der Waals surface area (Å²) in [5.74, 6) is 2.42. The number of hydrogen-bond acceptors (Lipinski definition) is 4. The molecular weight excluding hydrogens is 264 g/mol. The maximum Gasteiger partial charge on any atom is 0.161 e. The number of hydrogen-bond donors (Lipinski definition) is 1. The van der Waals surface area contributed by atoms with Crippen LogP contribution in [0.4, 0.5) is 0 Å². The average Bonchev–Trinajstić information content (AvgIpc) is 2.96. The van der Waals surface area contributed by atoms with Crippen LogP contribution in [-0.4, -0.2) is 44.8 Å². The molecule has 0 saturated carbocycles. The third-order valence-electron chi connectivity index (χ3n) is 4.11. The van der Waals surface area contributed by atoms with Crippen molar-refractivity contribution in [2.24, 2.45) is 5.92 Å². The zero-order chi connectivity index (χ0) is 15.1. The van der Waals surface area contributed by atoms with Crippen molar-refractivity contribution in [3.8, 4) is 11.5 Å². The Morgan fingerprint density at radius 2 is 2.14 bits per heavy atom. The zero-order valence-corrected chi connectivity index (χ0v) is 13.5. The highest BCUT2D eigenvalue weighted by molar-refractivity contribution is 5.42. The lowest BCUT2D eigenvalue weighted by Crippen LogP contribution is -2.26. The summed E-state index contributed by atoms with van der Waals surface area (Å²) in [5.41, 5.74) is 1.24. The summed E-state index contributed by atoms with van der Waals surface area (Å²) in [6.45, 7) is 10.5. The van der Waals surface area contributed by atoms with Gasteiger partial charge < -0.3 is 19.7 Å². The number of methoxy groups -OCH3 is 1. The number of nitrogens with zero attached hydrogens (tertiary/aromatic N) is 1. The minimum atomic E-state index is 0.655. The molecule has 1 N–H and O–H groups in total. The number of likely N-dealkylation sites (tertiary alicyclic amines) is 1. The van der Waals surface area contributed by atoms with Crippen molar-refractivity contribution in [3.63, 3.8) is 0 Å². The first-order chi connectivity index (χ1) is 10.3. The van der Waals surface area contributed by atoms with Gasteiger partial charge >= 0.3 is 0 Å². The Hall–Kier alpha value is -1.26. The van der Waals surface area contributed by atoms with Crippen molar-refractivity contribution in [2.75, 3.05) is 39.9 Å². The molecule has 0 bridgehead atoms. The lowest BCUT2D eigenvalue weighted by atomic mass is 10.1. The molecule has 21 heavy (non-hydrogen) atoms. The molecule has 0 unspecified atom stereocenters. The molecule has 1 aromatic rings. The molecular formula is C17H28N2O2. The van der Waals surface area contributed by atoms with Crippen molar-refractivity contribution in [2.45, 2.75) is 26.8 Å². The van der Waals surface area contributed by atoms with Gasteiger partial charge in [0.25, 0.3) is 0 Å². The fraction of sp³-hybridized carbons (Fsp3) is 0.647. The quantitative estimate of drug-likeness (QED) is 0.798. The zero-order valence-electron chi connectivity index (χ0n) is 13.5. The summed E-state index contributed by atoms with van der Waals surface area (Å²) in [4.78, 5) is 2.52. The second kappa shape index (κ2) is 8.25. The molecule has 118 valence electrons. The number of rotatable bonds is 8.